The van der Waals surface area contributed by atoms with Crippen molar-refractivity contribution in [3.05, 3.63) is 63.1 Å². The van der Waals surface area contributed by atoms with E-state index in [4.69, 9.17) is 11.6 Å². The molecule has 0 aliphatic carbocycles. The van der Waals surface area contributed by atoms with Gasteiger partial charge in [0.05, 0.1) is 12.1 Å². The second kappa shape index (κ2) is 9.02. The molecule has 25 heavy (non-hydrogen) atoms. The topological polar surface area (TPSA) is 46.6 Å². The number of benzene rings is 2. The smallest absolute Gasteiger partial charge is 0.305 e. The number of nitrogens with zero attached hydrogens (tertiary/aromatic N) is 1. The number of halogens is 2. The molecular weight excluding hydrogens is 406 g/mol. The Kier molecular flexibility index (Phi) is 7.02. The van der Waals surface area contributed by atoms with Crippen molar-refractivity contribution in [2.24, 2.45) is 0 Å². The minimum atomic E-state index is -0.229. The molecule has 132 valence electrons. The van der Waals surface area contributed by atoms with E-state index in [2.05, 4.69) is 20.7 Å². The fourth-order valence-electron chi connectivity index (χ4n) is 2.51. The molecule has 0 unspecified atom stereocenters. The first-order valence-electron chi connectivity index (χ1n) is 7.82. The summed E-state index contributed by atoms with van der Waals surface area (Å²) in [6.45, 7) is 0. The van der Waals surface area contributed by atoms with Crippen molar-refractivity contribution >= 4 is 45.1 Å². The van der Waals surface area contributed by atoms with E-state index in [0.717, 1.165) is 11.3 Å². The number of aryl methyl sites for hydroxylation is 1. The van der Waals surface area contributed by atoms with Crippen LogP contribution in [0.1, 0.15) is 28.8 Å². The fourth-order valence-corrected chi connectivity index (χ4v) is 3.00. The van der Waals surface area contributed by atoms with E-state index in [-0.39, 0.29) is 11.9 Å². The van der Waals surface area contributed by atoms with Gasteiger partial charge in [0.25, 0.3) is 5.91 Å². The molecular formula is C19H19BrClNO3. The van der Waals surface area contributed by atoms with Crippen LogP contribution in [-0.2, 0) is 16.0 Å². The average molecular weight is 425 g/mol. The number of esters is 1. The molecule has 2 aromatic rings. The van der Waals surface area contributed by atoms with Gasteiger partial charge in [0.1, 0.15) is 0 Å². The van der Waals surface area contributed by atoms with Crippen molar-refractivity contribution < 1.29 is 14.3 Å². The molecule has 0 N–H and O–H groups in total. The lowest BCUT2D eigenvalue weighted by Crippen LogP contribution is -2.27. The highest BCUT2D eigenvalue weighted by molar-refractivity contribution is 9.10. The summed E-state index contributed by atoms with van der Waals surface area (Å²) in [6.07, 6.45) is 1.71. The van der Waals surface area contributed by atoms with Gasteiger partial charge in [-0.05, 0) is 58.6 Å². The van der Waals surface area contributed by atoms with Crippen molar-refractivity contribution in [3.8, 4) is 0 Å². The zero-order chi connectivity index (χ0) is 18.4. The zero-order valence-corrected chi connectivity index (χ0v) is 16.4. The van der Waals surface area contributed by atoms with Crippen LogP contribution in [-0.4, -0.2) is 26.0 Å². The Labute approximate surface area is 160 Å². The van der Waals surface area contributed by atoms with E-state index in [1.807, 2.05) is 24.3 Å². The largest absolute Gasteiger partial charge is 0.469 e. The highest BCUT2D eigenvalue weighted by Crippen LogP contribution is 2.26. The van der Waals surface area contributed by atoms with E-state index in [1.165, 1.54) is 7.11 Å². The van der Waals surface area contributed by atoms with Gasteiger partial charge in [-0.2, -0.15) is 0 Å². The molecule has 0 radical (unpaired) electrons. The van der Waals surface area contributed by atoms with Gasteiger partial charge in [0.15, 0.2) is 0 Å². The predicted octanol–water partition coefficient (Wildman–Crippen LogP) is 4.87. The number of amides is 1. The highest BCUT2D eigenvalue weighted by Gasteiger charge is 2.17. The van der Waals surface area contributed by atoms with Crippen molar-refractivity contribution in [2.75, 3.05) is 19.1 Å². The second-order valence-electron chi connectivity index (χ2n) is 5.55. The summed E-state index contributed by atoms with van der Waals surface area (Å²) in [7, 11) is 3.12. The summed E-state index contributed by atoms with van der Waals surface area (Å²) in [5.74, 6) is -0.356. The minimum Gasteiger partial charge on any atom is -0.469 e. The predicted molar refractivity (Wildman–Crippen MR) is 103 cm³/mol. The van der Waals surface area contributed by atoms with Gasteiger partial charge in [-0.3, -0.25) is 9.59 Å². The van der Waals surface area contributed by atoms with E-state index < -0.39 is 0 Å². The fraction of sp³-hybridized carbons (Fsp3) is 0.263. The number of carbonyl (C=O) groups is 2. The number of hydrogen-bond acceptors (Lipinski definition) is 3. The van der Waals surface area contributed by atoms with Crippen molar-refractivity contribution in [1.29, 1.82) is 0 Å². The Morgan fingerprint density at radius 3 is 2.60 bits per heavy atom. The van der Waals surface area contributed by atoms with E-state index in [0.29, 0.717) is 34.3 Å². The van der Waals surface area contributed by atoms with Crippen LogP contribution in [0, 0.1) is 0 Å². The number of carbonyl (C=O) groups excluding carboxylic acids is 2. The van der Waals surface area contributed by atoms with Gasteiger partial charge in [0.2, 0.25) is 0 Å². The maximum Gasteiger partial charge on any atom is 0.305 e. The first-order chi connectivity index (χ1) is 11.9. The van der Waals surface area contributed by atoms with Crippen molar-refractivity contribution in [2.45, 2.75) is 19.3 Å². The third-order valence-electron chi connectivity index (χ3n) is 3.88. The molecule has 0 aliphatic heterocycles. The Balaban J connectivity index is 2.17. The summed E-state index contributed by atoms with van der Waals surface area (Å²) in [5.41, 5.74) is 2.38. The molecule has 1 amide bonds. The van der Waals surface area contributed by atoms with Crippen LogP contribution in [0.2, 0.25) is 5.02 Å². The average Bonchev–Trinajstić information content (AvgIpc) is 2.63. The van der Waals surface area contributed by atoms with Gasteiger partial charge in [-0.1, -0.05) is 29.8 Å². The van der Waals surface area contributed by atoms with E-state index in [1.54, 1.807) is 30.1 Å². The molecule has 0 spiro atoms. The molecule has 0 saturated carbocycles. The molecule has 0 aliphatic rings. The normalized spacial score (nSPS) is 10.4. The van der Waals surface area contributed by atoms with Gasteiger partial charge in [-0.15, -0.1) is 0 Å². The molecule has 0 bridgehead atoms. The molecule has 2 aromatic carbocycles. The quantitative estimate of drug-likeness (QED) is 0.621. The lowest BCUT2D eigenvalue weighted by Gasteiger charge is -2.21. The Hall–Kier alpha value is -1.85. The van der Waals surface area contributed by atoms with Gasteiger partial charge in [0, 0.05) is 29.2 Å². The number of methoxy groups -OCH3 is 1. The van der Waals surface area contributed by atoms with Crippen LogP contribution in [0.5, 0.6) is 0 Å². The summed E-state index contributed by atoms with van der Waals surface area (Å²) < 4.78 is 5.34. The maximum atomic E-state index is 12.8. The third-order valence-corrected chi connectivity index (χ3v) is 5.09. The monoisotopic (exact) mass is 423 g/mol. The zero-order valence-electron chi connectivity index (χ0n) is 14.1. The molecule has 2 rings (SSSR count). The lowest BCUT2D eigenvalue weighted by atomic mass is 10.0. The van der Waals surface area contributed by atoms with Crippen molar-refractivity contribution in [1.82, 2.24) is 0 Å². The molecule has 6 heteroatoms. The Morgan fingerprint density at radius 2 is 1.92 bits per heavy atom. The molecule has 0 atom stereocenters. The third kappa shape index (κ3) is 5.06. The maximum absolute atomic E-state index is 12.8. The van der Waals surface area contributed by atoms with Crippen molar-refractivity contribution in [3.63, 3.8) is 0 Å². The minimum absolute atomic E-state index is 0.127. The van der Waals surface area contributed by atoms with Gasteiger partial charge < -0.3 is 9.64 Å². The van der Waals surface area contributed by atoms with Crippen LogP contribution in [0.3, 0.4) is 0 Å². The number of rotatable bonds is 6. The number of para-hydroxylation sites is 1. The first-order valence-corrected chi connectivity index (χ1v) is 8.99. The summed E-state index contributed by atoms with van der Waals surface area (Å²) in [6, 6.07) is 12.8. The molecule has 0 saturated heterocycles. The van der Waals surface area contributed by atoms with Crippen LogP contribution < -0.4 is 4.90 Å². The molecule has 4 nitrogen and oxygen atoms in total. The molecule has 0 heterocycles. The lowest BCUT2D eigenvalue weighted by molar-refractivity contribution is -0.140. The van der Waals surface area contributed by atoms with Crippen LogP contribution in [0.15, 0.2) is 46.9 Å². The first kappa shape index (κ1) is 19.5. The van der Waals surface area contributed by atoms with E-state index in [9.17, 15) is 9.59 Å². The number of anilines is 1. The number of ether oxygens (including phenoxy) is 1. The number of hydrogen-bond donors (Lipinski definition) is 0. The van der Waals surface area contributed by atoms with E-state index >= 15 is 0 Å². The van der Waals surface area contributed by atoms with Gasteiger partial charge >= 0.3 is 5.97 Å². The molecule has 0 fully saturated rings. The van der Waals surface area contributed by atoms with Gasteiger partial charge in [-0.25, -0.2) is 0 Å². The highest BCUT2D eigenvalue weighted by atomic mass is 79.9. The second-order valence-corrected chi connectivity index (χ2v) is 6.81. The Morgan fingerprint density at radius 1 is 1.20 bits per heavy atom. The van der Waals surface area contributed by atoms with Crippen LogP contribution >= 0.6 is 27.5 Å². The molecule has 0 aromatic heterocycles. The Bertz CT molecular complexity index is 779. The van der Waals surface area contributed by atoms with Crippen LogP contribution in [0.4, 0.5) is 5.69 Å². The SMILES string of the molecule is COC(=O)CCCc1ccccc1N(C)C(=O)c1ccc(Cl)c(Br)c1. The van der Waals surface area contributed by atoms with Crippen LogP contribution in [0.25, 0.3) is 0 Å². The summed E-state index contributed by atoms with van der Waals surface area (Å²) in [4.78, 5) is 25.7. The summed E-state index contributed by atoms with van der Waals surface area (Å²) in [5, 5.41) is 0.558. The summed E-state index contributed by atoms with van der Waals surface area (Å²) >= 11 is 9.33. The standard InChI is InChI=1S/C19H19BrClNO3/c1-22(19(24)14-10-11-16(21)15(20)12-14)17-8-4-3-6-13(17)7-5-9-18(23)25-2/h3-4,6,8,10-12H,5,7,9H2,1-2H3.